The largest absolute Gasteiger partial charge is 0.487 e. The molecule has 0 heterocycles. The zero-order valence-corrected chi connectivity index (χ0v) is 8.93. The average Bonchev–Trinajstić information content (AvgIpc) is 2.08. The van der Waals surface area contributed by atoms with Crippen molar-refractivity contribution < 1.29 is 8.92 Å². The van der Waals surface area contributed by atoms with Crippen LogP contribution in [0.2, 0.25) is 0 Å². The van der Waals surface area contributed by atoms with Crippen LogP contribution in [-0.4, -0.2) is 12.4 Å². The van der Waals surface area contributed by atoms with E-state index in [2.05, 4.69) is 0 Å². The molecule has 0 radical (unpaired) electrons. The van der Waals surface area contributed by atoms with E-state index in [9.17, 15) is 0 Å². The average molecular weight is 198 g/mol. The van der Waals surface area contributed by atoms with E-state index in [-0.39, 0.29) is 6.10 Å². The second-order valence-corrected chi connectivity index (χ2v) is 3.36. The summed E-state index contributed by atoms with van der Waals surface area (Å²) in [6.07, 6.45) is 2.05. The van der Waals surface area contributed by atoms with Crippen molar-refractivity contribution in [3.8, 4) is 11.5 Å². The van der Waals surface area contributed by atoms with E-state index in [0.717, 1.165) is 11.5 Å². The van der Waals surface area contributed by atoms with Crippen molar-refractivity contribution in [1.82, 2.24) is 0 Å². The molecule has 0 fully saturated rings. The van der Waals surface area contributed by atoms with Crippen LogP contribution in [0, 0.1) is 0 Å². The van der Waals surface area contributed by atoms with E-state index in [1.54, 1.807) is 0 Å². The first kappa shape index (κ1) is 10.3. The maximum atomic E-state index is 5.56. The van der Waals surface area contributed by atoms with Gasteiger partial charge in [0.15, 0.2) is 11.5 Å². The molecule has 0 aliphatic heterocycles. The fourth-order valence-corrected chi connectivity index (χ4v) is 1.28. The van der Waals surface area contributed by atoms with Crippen molar-refractivity contribution in [2.75, 3.05) is 6.26 Å². The Morgan fingerprint density at radius 1 is 1.15 bits per heavy atom. The van der Waals surface area contributed by atoms with Gasteiger partial charge in [-0.1, -0.05) is 12.1 Å². The Morgan fingerprint density at radius 2 is 1.77 bits per heavy atom. The van der Waals surface area contributed by atoms with Gasteiger partial charge in [0.1, 0.15) is 0 Å². The smallest absolute Gasteiger partial charge is 0.179 e. The summed E-state index contributed by atoms with van der Waals surface area (Å²) >= 11 is 1.32. The van der Waals surface area contributed by atoms with Crippen LogP contribution in [0.3, 0.4) is 0 Å². The molecule has 2 nitrogen and oxygen atoms in total. The number of hydrogen-bond donors (Lipinski definition) is 0. The van der Waals surface area contributed by atoms with Gasteiger partial charge in [0.05, 0.1) is 18.1 Å². The molecule has 1 rings (SSSR count). The standard InChI is InChI=1S/C10H14O2S/c1-8(2)11-9-6-4-5-7-10(9)12-13-3/h4-8H,1-3H3. The van der Waals surface area contributed by atoms with E-state index >= 15 is 0 Å². The summed E-state index contributed by atoms with van der Waals surface area (Å²) in [6.45, 7) is 3.99. The molecule has 0 saturated heterocycles. The molecule has 0 aliphatic rings. The lowest BCUT2D eigenvalue weighted by Crippen LogP contribution is -2.06. The lowest BCUT2D eigenvalue weighted by molar-refractivity contribution is 0.237. The van der Waals surface area contributed by atoms with E-state index in [1.807, 2.05) is 44.4 Å². The summed E-state index contributed by atoms with van der Waals surface area (Å²) in [5.41, 5.74) is 0. The Hall–Kier alpha value is -0.830. The summed E-state index contributed by atoms with van der Waals surface area (Å²) in [5.74, 6) is 1.58. The van der Waals surface area contributed by atoms with Crippen molar-refractivity contribution in [3.63, 3.8) is 0 Å². The summed E-state index contributed by atoms with van der Waals surface area (Å²) < 4.78 is 10.9. The molecule has 0 spiro atoms. The lowest BCUT2D eigenvalue weighted by atomic mass is 10.3. The van der Waals surface area contributed by atoms with Gasteiger partial charge < -0.3 is 8.92 Å². The first-order valence-corrected chi connectivity index (χ1v) is 5.35. The number of hydrogen-bond acceptors (Lipinski definition) is 3. The van der Waals surface area contributed by atoms with Crippen molar-refractivity contribution in [2.24, 2.45) is 0 Å². The van der Waals surface area contributed by atoms with Crippen LogP contribution < -0.4 is 8.92 Å². The van der Waals surface area contributed by atoms with Crippen molar-refractivity contribution in [1.29, 1.82) is 0 Å². The third-order valence-electron chi connectivity index (χ3n) is 1.38. The fourth-order valence-electron chi connectivity index (χ4n) is 0.960. The number of rotatable bonds is 4. The quantitative estimate of drug-likeness (QED) is 0.692. The first-order chi connectivity index (χ1) is 6.24. The van der Waals surface area contributed by atoms with Gasteiger partial charge in [-0.25, -0.2) is 0 Å². The maximum absolute atomic E-state index is 5.56. The van der Waals surface area contributed by atoms with Gasteiger partial charge >= 0.3 is 0 Å². The highest BCUT2D eigenvalue weighted by molar-refractivity contribution is 7.94. The second kappa shape index (κ2) is 5.02. The van der Waals surface area contributed by atoms with Gasteiger partial charge in [0.25, 0.3) is 0 Å². The topological polar surface area (TPSA) is 18.5 Å². The van der Waals surface area contributed by atoms with Crippen LogP contribution in [0.15, 0.2) is 24.3 Å². The van der Waals surface area contributed by atoms with Crippen molar-refractivity contribution in [3.05, 3.63) is 24.3 Å². The van der Waals surface area contributed by atoms with Crippen LogP contribution in [-0.2, 0) is 0 Å². The van der Waals surface area contributed by atoms with Gasteiger partial charge in [0, 0.05) is 6.26 Å². The lowest BCUT2D eigenvalue weighted by Gasteiger charge is -2.12. The predicted octanol–water partition coefficient (Wildman–Crippen LogP) is 3.13. The molecule has 13 heavy (non-hydrogen) atoms. The van der Waals surface area contributed by atoms with Crippen LogP contribution in [0.4, 0.5) is 0 Å². The van der Waals surface area contributed by atoms with Crippen molar-refractivity contribution >= 4 is 12.0 Å². The van der Waals surface area contributed by atoms with Crippen LogP contribution in [0.25, 0.3) is 0 Å². The summed E-state index contributed by atoms with van der Waals surface area (Å²) in [7, 11) is 0. The number of benzene rings is 1. The number of para-hydroxylation sites is 2. The third-order valence-corrected chi connectivity index (χ3v) is 1.73. The molecule has 0 N–H and O–H groups in total. The highest BCUT2D eigenvalue weighted by atomic mass is 32.2. The fraction of sp³-hybridized carbons (Fsp3) is 0.400. The predicted molar refractivity (Wildman–Crippen MR) is 56.3 cm³/mol. The van der Waals surface area contributed by atoms with Gasteiger partial charge in [0.2, 0.25) is 0 Å². The van der Waals surface area contributed by atoms with Crippen LogP contribution >= 0.6 is 12.0 Å². The Bertz CT molecular complexity index is 261. The Labute approximate surface area is 83.5 Å². The van der Waals surface area contributed by atoms with Gasteiger partial charge in [-0.05, 0) is 26.0 Å². The Morgan fingerprint density at radius 3 is 2.31 bits per heavy atom. The number of ether oxygens (including phenoxy) is 1. The molecular weight excluding hydrogens is 184 g/mol. The molecule has 0 aliphatic carbocycles. The molecule has 0 amide bonds. The molecule has 0 bridgehead atoms. The van der Waals surface area contributed by atoms with Gasteiger partial charge in [-0.2, -0.15) is 0 Å². The van der Waals surface area contributed by atoms with E-state index in [4.69, 9.17) is 8.92 Å². The molecule has 0 atom stereocenters. The van der Waals surface area contributed by atoms with E-state index < -0.39 is 0 Å². The molecule has 0 saturated carbocycles. The maximum Gasteiger partial charge on any atom is 0.179 e. The summed E-state index contributed by atoms with van der Waals surface area (Å²) in [5, 5.41) is 0. The SMILES string of the molecule is CSOc1ccccc1OC(C)C. The highest BCUT2D eigenvalue weighted by Gasteiger charge is 2.04. The van der Waals surface area contributed by atoms with Gasteiger partial charge in [-0.3, -0.25) is 0 Å². The normalized spacial score (nSPS) is 10.2. The molecule has 1 aromatic carbocycles. The minimum atomic E-state index is 0.173. The third kappa shape index (κ3) is 3.19. The molecular formula is C10H14O2S. The molecule has 1 aromatic rings. The van der Waals surface area contributed by atoms with E-state index in [0.29, 0.717) is 0 Å². The van der Waals surface area contributed by atoms with Gasteiger partial charge in [-0.15, -0.1) is 0 Å². The van der Waals surface area contributed by atoms with Crippen LogP contribution in [0.5, 0.6) is 11.5 Å². The zero-order valence-electron chi connectivity index (χ0n) is 8.11. The Balaban J connectivity index is 2.78. The summed E-state index contributed by atoms with van der Waals surface area (Å²) in [6, 6.07) is 7.67. The first-order valence-electron chi connectivity index (χ1n) is 4.20. The molecule has 0 aromatic heterocycles. The minimum absolute atomic E-state index is 0.173. The molecule has 3 heteroatoms. The Kier molecular flexibility index (Phi) is 3.96. The second-order valence-electron chi connectivity index (χ2n) is 2.86. The zero-order chi connectivity index (χ0) is 9.68. The highest BCUT2D eigenvalue weighted by Crippen LogP contribution is 2.29. The van der Waals surface area contributed by atoms with E-state index in [1.165, 1.54) is 12.0 Å². The minimum Gasteiger partial charge on any atom is -0.487 e. The van der Waals surface area contributed by atoms with Crippen molar-refractivity contribution in [2.45, 2.75) is 20.0 Å². The monoisotopic (exact) mass is 198 g/mol. The summed E-state index contributed by atoms with van der Waals surface area (Å²) in [4.78, 5) is 0. The van der Waals surface area contributed by atoms with Crippen LogP contribution in [0.1, 0.15) is 13.8 Å². The molecule has 72 valence electrons. The molecule has 0 unspecified atom stereocenters.